The number of Topliss-reactive ketones (excluding diaryl/α,β-unsaturated/α-hetero) is 1. The van der Waals surface area contributed by atoms with E-state index in [1.165, 1.54) is 6.92 Å². The number of nitrogens with one attached hydrogen (secondary N) is 2. The number of aryl methyl sites for hydroxylation is 1. The van der Waals surface area contributed by atoms with Crippen LogP contribution >= 0.6 is 0 Å². The lowest BCUT2D eigenvalue weighted by Gasteiger charge is -2.17. The third-order valence-corrected chi connectivity index (χ3v) is 5.01. The number of hydrogen-bond acceptors (Lipinski definition) is 6. The summed E-state index contributed by atoms with van der Waals surface area (Å²) in [5, 5.41) is 17.2. The largest absolute Gasteiger partial charge is 0.402 e. The molecule has 0 saturated carbocycles. The summed E-state index contributed by atoms with van der Waals surface area (Å²) in [4.78, 5) is 16.7. The van der Waals surface area contributed by atoms with Crippen LogP contribution in [0, 0.1) is 6.92 Å². The van der Waals surface area contributed by atoms with Gasteiger partial charge in [0.2, 0.25) is 6.35 Å². The highest BCUT2D eigenvalue weighted by atomic mass is 16.3. The maximum Gasteiger partial charge on any atom is 0.202 e. The van der Waals surface area contributed by atoms with Gasteiger partial charge in [0.1, 0.15) is 0 Å². The molecule has 2 heterocycles. The Morgan fingerprint density at radius 1 is 1.18 bits per heavy atom. The highest BCUT2D eigenvalue weighted by molar-refractivity contribution is 6.21. The quantitative estimate of drug-likeness (QED) is 0.523. The van der Waals surface area contributed by atoms with Crippen LogP contribution in [0.2, 0.25) is 0 Å². The van der Waals surface area contributed by atoms with Crippen LogP contribution in [0.15, 0.2) is 48.3 Å². The number of hydrogen-bond donors (Lipinski definition) is 4. The van der Waals surface area contributed by atoms with Crippen LogP contribution < -0.4 is 16.4 Å². The Morgan fingerprint density at radius 2 is 1.96 bits per heavy atom. The molecule has 3 aromatic rings. The van der Waals surface area contributed by atoms with E-state index in [-0.39, 0.29) is 5.78 Å². The second-order valence-electron chi connectivity index (χ2n) is 7.08. The second-order valence-corrected chi connectivity index (χ2v) is 7.08. The number of aromatic nitrogens is 1. The number of ketones is 1. The Morgan fingerprint density at radius 3 is 2.68 bits per heavy atom. The Labute approximate surface area is 163 Å². The van der Waals surface area contributed by atoms with Gasteiger partial charge in [0, 0.05) is 28.4 Å². The molecule has 4 rings (SSSR count). The number of nitrogens with zero attached hydrogens (tertiary/aromatic N) is 1. The predicted octanol–water partition coefficient (Wildman–Crippen LogP) is 3.60. The molecule has 1 aliphatic rings. The summed E-state index contributed by atoms with van der Waals surface area (Å²) >= 11 is 0. The molecule has 0 saturated heterocycles. The van der Waals surface area contributed by atoms with Crippen LogP contribution in [-0.2, 0) is 4.79 Å². The average molecular weight is 374 g/mol. The smallest absolute Gasteiger partial charge is 0.202 e. The third-order valence-electron chi connectivity index (χ3n) is 5.01. The van der Waals surface area contributed by atoms with E-state index in [0.717, 1.165) is 39.0 Å². The van der Waals surface area contributed by atoms with Gasteiger partial charge in [0.05, 0.1) is 16.9 Å². The third kappa shape index (κ3) is 2.88. The molecule has 0 radical (unpaired) electrons. The minimum Gasteiger partial charge on any atom is -0.402 e. The van der Waals surface area contributed by atoms with Crippen LogP contribution in [0.5, 0.6) is 0 Å². The van der Waals surface area contributed by atoms with Crippen molar-refractivity contribution < 1.29 is 9.90 Å². The Hall–Kier alpha value is -3.38. The number of aliphatic hydroxyl groups is 1. The number of pyridine rings is 1. The molecule has 6 nitrogen and oxygen atoms in total. The van der Waals surface area contributed by atoms with E-state index in [4.69, 9.17) is 5.73 Å². The first-order valence-electron chi connectivity index (χ1n) is 9.08. The first kappa shape index (κ1) is 18.0. The van der Waals surface area contributed by atoms with E-state index in [1.54, 1.807) is 13.1 Å². The fraction of sp³-hybridized carbons (Fsp3) is 0.182. The first-order chi connectivity index (χ1) is 13.4. The molecule has 0 bridgehead atoms. The molecule has 0 aliphatic carbocycles. The molecule has 0 spiro atoms. The normalized spacial score (nSPS) is 16.2. The van der Waals surface area contributed by atoms with Crippen LogP contribution in [0.25, 0.3) is 27.6 Å². The Kier molecular flexibility index (Phi) is 4.28. The zero-order chi connectivity index (χ0) is 20.0. The van der Waals surface area contributed by atoms with Crippen molar-refractivity contribution in [1.29, 1.82) is 0 Å². The van der Waals surface area contributed by atoms with E-state index in [1.807, 2.05) is 43.3 Å². The molecular formula is C22H22N4O2. The molecule has 0 fully saturated rings. The van der Waals surface area contributed by atoms with Gasteiger partial charge in [0.25, 0.3) is 0 Å². The molecule has 6 heteroatoms. The van der Waals surface area contributed by atoms with E-state index in [9.17, 15) is 9.90 Å². The second kappa shape index (κ2) is 6.65. The molecule has 1 unspecified atom stereocenters. The van der Waals surface area contributed by atoms with Gasteiger partial charge in [-0.1, -0.05) is 12.1 Å². The van der Waals surface area contributed by atoms with Gasteiger partial charge in [-0.2, -0.15) is 0 Å². The van der Waals surface area contributed by atoms with Crippen molar-refractivity contribution in [1.82, 2.24) is 4.98 Å². The summed E-state index contributed by atoms with van der Waals surface area (Å²) in [6, 6.07) is 11.7. The summed E-state index contributed by atoms with van der Waals surface area (Å²) < 4.78 is 0. The molecule has 28 heavy (non-hydrogen) atoms. The number of carbonyl (C=O) groups excluding carboxylic acids is 1. The van der Waals surface area contributed by atoms with Crippen molar-refractivity contribution in [3.8, 4) is 11.1 Å². The molecule has 5 N–H and O–H groups in total. The lowest BCUT2D eigenvalue weighted by molar-refractivity contribution is -0.111. The van der Waals surface area contributed by atoms with Gasteiger partial charge < -0.3 is 21.5 Å². The topological polar surface area (TPSA) is 100 Å². The molecular weight excluding hydrogens is 352 g/mol. The average Bonchev–Trinajstić information content (AvgIpc) is 3.01. The summed E-state index contributed by atoms with van der Waals surface area (Å²) in [7, 11) is 0. The SMILES string of the molecule is CC(=O)C(=C(C)N)c1cc2c(c(-c3c(C)ccc4ncccc34)c1)NC(O)N2. The maximum atomic E-state index is 12.2. The number of nitrogens with two attached hydrogens (primary N) is 1. The number of allylic oxidation sites excluding steroid dienone is 2. The van der Waals surface area contributed by atoms with E-state index in [2.05, 4.69) is 15.6 Å². The lowest BCUT2D eigenvalue weighted by Crippen LogP contribution is -2.20. The van der Waals surface area contributed by atoms with Crippen molar-refractivity contribution in [2.24, 2.45) is 5.73 Å². The molecule has 2 aromatic carbocycles. The molecule has 1 aliphatic heterocycles. The van der Waals surface area contributed by atoms with Crippen molar-refractivity contribution in [3.63, 3.8) is 0 Å². The van der Waals surface area contributed by atoms with Gasteiger partial charge in [-0.05, 0) is 61.7 Å². The van der Waals surface area contributed by atoms with Crippen molar-refractivity contribution in [2.75, 3.05) is 10.6 Å². The van der Waals surface area contributed by atoms with Gasteiger partial charge in [-0.25, -0.2) is 0 Å². The standard InChI is InChI=1S/C22H22N4O2/c1-11-6-7-17-15(5-4-8-24-17)19(11)16-9-14(20(12(2)23)13(3)27)10-18-21(16)26-22(28)25-18/h4-10,22,25-26,28H,23H2,1-3H3. The zero-order valence-electron chi connectivity index (χ0n) is 16.0. The highest BCUT2D eigenvalue weighted by Crippen LogP contribution is 2.44. The van der Waals surface area contributed by atoms with E-state index < -0.39 is 6.35 Å². The fourth-order valence-electron chi connectivity index (χ4n) is 3.90. The highest BCUT2D eigenvalue weighted by Gasteiger charge is 2.25. The number of anilines is 2. The summed E-state index contributed by atoms with van der Waals surface area (Å²) in [5.74, 6) is -0.103. The van der Waals surface area contributed by atoms with E-state index >= 15 is 0 Å². The number of fused-ring (bicyclic) bond motifs is 2. The summed E-state index contributed by atoms with van der Waals surface area (Å²) in [6.07, 6.45) is 0.862. The van der Waals surface area contributed by atoms with Crippen molar-refractivity contribution in [2.45, 2.75) is 27.1 Å². The summed E-state index contributed by atoms with van der Waals surface area (Å²) in [5.41, 5.74) is 13.0. The van der Waals surface area contributed by atoms with Gasteiger partial charge in [-0.3, -0.25) is 9.78 Å². The van der Waals surface area contributed by atoms with Crippen molar-refractivity contribution >= 4 is 33.6 Å². The number of carbonyl (C=O) groups is 1. The lowest BCUT2D eigenvalue weighted by atomic mass is 9.90. The molecule has 1 aromatic heterocycles. The minimum absolute atomic E-state index is 0.103. The monoisotopic (exact) mass is 374 g/mol. The Balaban J connectivity index is 2.08. The minimum atomic E-state index is -0.902. The molecule has 1 atom stereocenters. The predicted molar refractivity (Wildman–Crippen MR) is 113 cm³/mol. The van der Waals surface area contributed by atoms with Crippen LogP contribution in [0.1, 0.15) is 25.0 Å². The molecule has 142 valence electrons. The molecule has 0 amide bonds. The summed E-state index contributed by atoms with van der Waals surface area (Å²) in [6.45, 7) is 5.26. The number of aliphatic hydroxyl groups excluding tert-OH is 1. The van der Waals surface area contributed by atoms with Gasteiger partial charge in [-0.15, -0.1) is 0 Å². The van der Waals surface area contributed by atoms with Crippen molar-refractivity contribution in [3.05, 3.63) is 59.4 Å². The number of rotatable bonds is 3. The van der Waals surface area contributed by atoms with Crippen LogP contribution in [-0.4, -0.2) is 22.2 Å². The van der Waals surface area contributed by atoms with Crippen LogP contribution in [0.4, 0.5) is 11.4 Å². The number of benzene rings is 2. The first-order valence-corrected chi connectivity index (χ1v) is 9.08. The maximum absolute atomic E-state index is 12.2. The Bertz CT molecular complexity index is 1150. The zero-order valence-corrected chi connectivity index (χ0v) is 16.0. The fourth-order valence-corrected chi connectivity index (χ4v) is 3.90. The van der Waals surface area contributed by atoms with Gasteiger partial charge in [0.15, 0.2) is 5.78 Å². The van der Waals surface area contributed by atoms with Crippen LogP contribution in [0.3, 0.4) is 0 Å². The van der Waals surface area contributed by atoms with Gasteiger partial charge >= 0.3 is 0 Å². The van der Waals surface area contributed by atoms with E-state index in [0.29, 0.717) is 16.8 Å².